The number of rotatable bonds is 5. The standard InChI is InChI=1S/C34H25FN2O4/c35-25-17-9-10-18-26(25)37-32(38)27-28(33(37)39)30(36-20-19-21-11-7-8-16-24(21)29(27)36)34(40)41-31(22-12-3-1-4-13-22)23-14-5-2-6-15-23/h1-20,27-31H/t27-,28+,29?,30-/m1/s1. The first-order chi connectivity index (χ1) is 20.0. The lowest BCUT2D eigenvalue weighted by Crippen LogP contribution is -2.45. The molecule has 41 heavy (non-hydrogen) atoms. The third-order valence-electron chi connectivity index (χ3n) is 8.24. The van der Waals surface area contributed by atoms with E-state index < -0.39 is 53.6 Å². The highest BCUT2D eigenvalue weighted by molar-refractivity contribution is 6.24. The van der Waals surface area contributed by atoms with Crippen LogP contribution in [0.1, 0.15) is 34.4 Å². The Hall–Kier alpha value is -5.04. The predicted molar refractivity (Wildman–Crippen MR) is 151 cm³/mol. The van der Waals surface area contributed by atoms with Crippen molar-refractivity contribution in [2.45, 2.75) is 18.2 Å². The van der Waals surface area contributed by atoms with Gasteiger partial charge in [0.25, 0.3) is 0 Å². The summed E-state index contributed by atoms with van der Waals surface area (Å²) >= 11 is 0. The summed E-state index contributed by atoms with van der Waals surface area (Å²) in [5.74, 6) is -4.38. The fraction of sp³-hybridized carbons (Fsp3) is 0.147. The van der Waals surface area contributed by atoms with Crippen molar-refractivity contribution in [3.05, 3.63) is 143 Å². The molecule has 6 nitrogen and oxygen atoms in total. The third kappa shape index (κ3) is 3.96. The maximum Gasteiger partial charge on any atom is 0.330 e. The molecule has 3 aliphatic heterocycles. The summed E-state index contributed by atoms with van der Waals surface area (Å²) < 4.78 is 21.1. The number of hydrogen-bond acceptors (Lipinski definition) is 5. The lowest BCUT2D eigenvalue weighted by atomic mass is 9.84. The molecule has 0 bridgehead atoms. The first-order valence-corrected chi connectivity index (χ1v) is 13.5. The molecule has 7 rings (SSSR count). The summed E-state index contributed by atoms with van der Waals surface area (Å²) in [6.07, 6.45) is 2.92. The average Bonchev–Trinajstić information content (AvgIpc) is 3.49. The molecule has 2 amide bonds. The van der Waals surface area contributed by atoms with Crippen LogP contribution in [-0.4, -0.2) is 28.7 Å². The van der Waals surface area contributed by atoms with Crippen LogP contribution in [0.2, 0.25) is 0 Å². The Bertz CT molecular complexity index is 1650. The summed E-state index contributed by atoms with van der Waals surface area (Å²) in [6, 6.07) is 30.4. The second-order valence-corrected chi connectivity index (χ2v) is 10.4. The molecule has 3 heterocycles. The van der Waals surface area contributed by atoms with Gasteiger partial charge in [0.1, 0.15) is 11.9 Å². The Morgan fingerprint density at radius 1 is 0.732 bits per heavy atom. The van der Waals surface area contributed by atoms with E-state index in [1.165, 1.54) is 18.2 Å². The van der Waals surface area contributed by atoms with Gasteiger partial charge in [-0.1, -0.05) is 97.1 Å². The number of halogens is 1. The second-order valence-electron chi connectivity index (χ2n) is 10.4. The molecule has 4 aromatic rings. The quantitative estimate of drug-likeness (QED) is 0.239. The Morgan fingerprint density at radius 3 is 2.00 bits per heavy atom. The molecule has 4 atom stereocenters. The minimum absolute atomic E-state index is 0.110. The molecular formula is C34H25FN2O4. The molecule has 0 aliphatic carbocycles. The van der Waals surface area contributed by atoms with Crippen LogP contribution in [0.15, 0.2) is 115 Å². The number of benzene rings is 4. The van der Waals surface area contributed by atoms with Crippen molar-refractivity contribution in [3.63, 3.8) is 0 Å². The minimum atomic E-state index is -1.09. The lowest BCUT2D eigenvalue weighted by molar-refractivity contribution is -0.155. The van der Waals surface area contributed by atoms with Gasteiger partial charge in [0.05, 0.1) is 23.6 Å². The molecule has 202 valence electrons. The molecule has 0 N–H and O–H groups in total. The molecule has 2 fully saturated rings. The van der Waals surface area contributed by atoms with Gasteiger partial charge in [-0.15, -0.1) is 0 Å². The number of carbonyl (C=O) groups excluding carboxylic acids is 3. The van der Waals surface area contributed by atoms with Crippen LogP contribution in [0.25, 0.3) is 6.08 Å². The van der Waals surface area contributed by atoms with Crippen molar-refractivity contribution < 1.29 is 23.5 Å². The van der Waals surface area contributed by atoms with Gasteiger partial charge in [0.2, 0.25) is 11.8 Å². The van der Waals surface area contributed by atoms with Gasteiger partial charge in [0, 0.05) is 6.20 Å². The smallest absolute Gasteiger partial charge is 0.330 e. The lowest BCUT2D eigenvalue weighted by Gasteiger charge is -2.35. The molecule has 1 unspecified atom stereocenters. The number of hydrogen-bond donors (Lipinski definition) is 0. The fourth-order valence-corrected chi connectivity index (χ4v) is 6.47. The number of fused-ring (bicyclic) bond motifs is 5. The predicted octanol–water partition coefficient (Wildman–Crippen LogP) is 5.67. The van der Waals surface area contributed by atoms with Gasteiger partial charge in [-0.05, 0) is 40.5 Å². The van der Waals surface area contributed by atoms with E-state index in [0.717, 1.165) is 27.2 Å². The van der Waals surface area contributed by atoms with Gasteiger partial charge in [-0.2, -0.15) is 0 Å². The molecule has 0 saturated carbocycles. The summed E-state index contributed by atoms with van der Waals surface area (Å²) in [4.78, 5) is 44.9. The van der Waals surface area contributed by atoms with Gasteiger partial charge >= 0.3 is 5.97 Å². The van der Waals surface area contributed by atoms with Crippen LogP contribution >= 0.6 is 0 Å². The number of ether oxygens (including phenoxy) is 1. The molecule has 7 heteroatoms. The Balaban J connectivity index is 1.32. The van der Waals surface area contributed by atoms with Crippen LogP contribution in [0.5, 0.6) is 0 Å². The van der Waals surface area contributed by atoms with Crippen molar-refractivity contribution >= 4 is 29.5 Å². The Kier molecular flexibility index (Phi) is 6.00. The number of anilines is 1. The summed E-state index contributed by atoms with van der Waals surface area (Å²) in [5.41, 5.74) is 3.18. The normalized spacial score (nSPS) is 22.5. The van der Waals surface area contributed by atoms with Crippen LogP contribution in [0, 0.1) is 17.7 Å². The molecule has 0 radical (unpaired) electrons. The molecule has 2 saturated heterocycles. The molecule has 0 aromatic heterocycles. The zero-order chi connectivity index (χ0) is 28.1. The van der Waals surface area contributed by atoms with Crippen molar-refractivity contribution in [2.24, 2.45) is 11.8 Å². The molecule has 0 spiro atoms. The molecule has 3 aliphatic rings. The number of para-hydroxylation sites is 1. The highest BCUT2D eigenvalue weighted by Gasteiger charge is 2.65. The minimum Gasteiger partial charge on any atom is -0.451 e. The SMILES string of the molecule is O=C(OC(c1ccccc1)c1ccccc1)[C@H]1[C@H]2C(=O)N(c3ccccc3F)C(=O)[C@H]2C2c3ccccc3C=CN21. The maximum absolute atomic E-state index is 14.9. The van der Waals surface area contributed by atoms with Crippen molar-refractivity contribution in [3.8, 4) is 0 Å². The van der Waals surface area contributed by atoms with Gasteiger partial charge in [0.15, 0.2) is 6.10 Å². The fourth-order valence-electron chi connectivity index (χ4n) is 6.47. The van der Waals surface area contributed by atoms with Crippen molar-refractivity contribution in [1.29, 1.82) is 0 Å². The third-order valence-corrected chi connectivity index (χ3v) is 8.24. The van der Waals surface area contributed by atoms with Crippen LogP contribution in [0.4, 0.5) is 10.1 Å². The number of nitrogens with zero attached hydrogens (tertiary/aromatic N) is 2. The van der Waals surface area contributed by atoms with E-state index in [9.17, 15) is 18.8 Å². The van der Waals surface area contributed by atoms with Crippen LogP contribution in [-0.2, 0) is 19.1 Å². The Labute approximate surface area is 236 Å². The zero-order valence-electron chi connectivity index (χ0n) is 21.8. The second kappa shape index (κ2) is 9.86. The van der Waals surface area contributed by atoms with E-state index in [1.54, 1.807) is 17.2 Å². The number of esters is 1. The molecular weight excluding hydrogens is 519 g/mol. The molecule has 4 aromatic carbocycles. The summed E-state index contributed by atoms with van der Waals surface area (Å²) in [6.45, 7) is 0. The topological polar surface area (TPSA) is 66.9 Å². The number of amides is 2. The first kappa shape index (κ1) is 25.0. The average molecular weight is 545 g/mol. The highest BCUT2D eigenvalue weighted by atomic mass is 19.1. The van der Waals surface area contributed by atoms with E-state index in [0.29, 0.717) is 0 Å². The number of carbonyl (C=O) groups is 3. The van der Waals surface area contributed by atoms with Crippen molar-refractivity contribution in [2.75, 3.05) is 4.90 Å². The largest absolute Gasteiger partial charge is 0.451 e. The monoisotopic (exact) mass is 544 g/mol. The number of imide groups is 1. The van der Waals surface area contributed by atoms with Gasteiger partial charge in [-0.25, -0.2) is 14.1 Å². The zero-order valence-corrected chi connectivity index (χ0v) is 21.8. The van der Waals surface area contributed by atoms with Gasteiger partial charge in [-0.3, -0.25) is 9.59 Å². The summed E-state index contributed by atoms with van der Waals surface area (Å²) in [7, 11) is 0. The van der Waals surface area contributed by atoms with E-state index in [2.05, 4.69) is 0 Å². The maximum atomic E-state index is 14.9. The highest BCUT2D eigenvalue weighted by Crippen LogP contribution is 2.53. The van der Waals surface area contributed by atoms with E-state index >= 15 is 0 Å². The van der Waals surface area contributed by atoms with E-state index in [4.69, 9.17) is 4.74 Å². The van der Waals surface area contributed by atoms with Crippen LogP contribution in [0.3, 0.4) is 0 Å². The first-order valence-electron chi connectivity index (χ1n) is 13.5. The summed E-state index contributed by atoms with van der Waals surface area (Å²) in [5, 5.41) is 0. The van der Waals surface area contributed by atoms with E-state index in [1.807, 2.05) is 91.0 Å². The Morgan fingerprint density at radius 2 is 1.32 bits per heavy atom. The van der Waals surface area contributed by atoms with Crippen molar-refractivity contribution in [1.82, 2.24) is 4.90 Å². The van der Waals surface area contributed by atoms with Gasteiger partial charge < -0.3 is 9.64 Å². The van der Waals surface area contributed by atoms with Crippen LogP contribution < -0.4 is 4.90 Å². The van der Waals surface area contributed by atoms with E-state index in [-0.39, 0.29) is 5.69 Å².